The predicted octanol–water partition coefficient (Wildman–Crippen LogP) is 4.06. The maximum absolute atomic E-state index is 12.6. The van der Waals surface area contributed by atoms with Crippen molar-refractivity contribution in [2.24, 2.45) is 11.1 Å². The topological polar surface area (TPSA) is 86.5 Å². The first kappa shape index (κ1) is 23.5. The Balaban J connectivity index is 0.00000182. The van der Waals surface area contributed by atoms with Crippen LogP contribution in [0.25, 0.3) is 0 Å². The van der Waals surface area contributed by atoms with Crippen LogP contribution in [-0.4, -0.2) is 30.6 Å². The van der Waals surface area contributed by atoms with Crippen LogP contribution in [0.2, 0.25) is 5.02 Å². The number of rotatable bonds is 5. The van der Waals surface area contributed by atoms with Gasteiger partial charge >= 0.3 is 0 Å². The van der Waals surface area contributed by atoms with E-state index in [0.29, 0.717) is 54.9 Å². The molecule has 27 heavy (non-hydrogen) atoms. The number of nitrogens with two attached hydrogens (primary N) is 1. The fraction of sp³-hybridized carbons (Fsp3) is 0.333. The number of nitrogens with one attached hydrogen (secondary N) is 1. The minimum atomic E-state index is -0.573. The lowest BCUT2D eigenvalue weighted by Gasteiger charge is -2.34. The first-order chi connectivity index (χ1) is 12.1. The molecule has 148 valence electrons. The number of carbonyl (C=O) groups is 1. The van der Waals surface area contributed by atoms with E-state index in [4.69, 9.17) is 26.8 Å². The van der Waals surface area contributed by atoms with Crippen LogP contribution in [0.1, 0.15) is 12.8 Å². The highest BCUT2D eigenvalue weighted by Crippen LogP contribution is 2.31. The molecule has 0 unspecified atom stereocenters. The van der Waals surface area contributed by atoms with Gasteiger partial charge in [-0.3, -0.25) is 4.79 Å². The van der Waals surface area contributed by atoms with Gasteiger partial charge in [0, 0.05) is 30.8 Å². The van der Waals surface area contributed by atoms with Gasteiger partial charge in [-0.05, 0) is 43.2 Å². The molecule has 1 saturated heterocycles. The summed E-state index contributed by atoms with van der Waals surface area (Å²) in [4.78, 5) is 16.8. The summed E-state index contributed by atoms with van der Waals surface area (Å²) >= 11 is 5.84. The van der Waals surface area contributed by atoms with Crippen LogP contribution in [0.5, 0.6) is 11.6 Å². The van der Waals surface area contributed by atoms with Gasteiger partial charge in [0.05, 0.1) is 17.3 Å². The number of amides is 1. The highest BCUT2D eigenvalue weighted by atomic mass is 35.5. The Morgan fingerprint density at radius 1 is 1.19 bits per heavy atom. The van der Waals surface area contributed by atoms with Gasteiger partial charge in [-0.15, -0.1) is 24.8 Å². The van der Waals surface area contributed by atoms with E-state index in [1.807, 2.05) is 0 Å². The Morgan fingerprint density at radius 3 is 2.41 bits per heavy atom. The summed E-state index contributed by atoms with van der Waals surface area (Å²) in [5.74, 6) is 0.976. The maximum Gasteiger partial charge on any atom is 0.232 e. The number of carbonyl (C=O) groups excluding carboxylic acids is 1. The Kier molecular flexibility index (Phi) is 9.29. The zero-order valence-electron chi connectivity index (χ0n) is 14.5. The molecule has 0 saturated carbocycles. The fourth-order valence-corrected chi connectivity index (χ4v) is 2.81. The molecule has 2 aromatic rings. The molecule has 0 spiro atoms. The van der Waals surface area contributed by atoms with Crippen molar-refractivity contribution < 1.29 is 14.3 Å². The largest absolute Gasteiger partial charge is 0.439 e. The lowest BCUT2D eigenvalue weighted by molar-refractivity contribution is -0.130. The van der Waals surface area contributed by atoms with Crippen LogP contribution in [0.3, 0.4) is 0 Å². The van der Waals surface area contributed by atoms with Crippen molar-refractivity contribution in [1.29, 1.82) is 0 Å². The first-order valence-corrected chi connectivity index (χ1v) is 8.48. The van der Waals surface area contributed by atoms with E-state index < -0.39 is 5.41 Å². The Hall–Kier alpha value is -1.57. The number of aromatic nitrogens is 1. The predicted molar refractivity (Wildman–Crippen MR) is 110 cm³/mol. The molecule has 6 nitrogen and oxygen atoms in total. The van der Waals surface area contributed by atoms with Crippen LogP contribution in [0.15, 0.2) is 42.6 Å². The van der Waals surface area contributed by atoms with Crippen molar-refractivity contribution in [2.75, 3.05) is 25.1 Å². The van der Waals surface area contributed by atoms with Crippen LogP contribution in [0, 0.1) is 5.41 Å². The SMILES string of the molecule is Cl.Cl.NCC1(C(=O)Nc2ccc(Oc3ccc(Cl)cc3)nc2)CCOCC1. The molecule has 1 fully saturated rings. The van der Waals surface area contributed by atoms with E-state index in [1.54, 1.807) is 42.6 Å². The average Bonchev–Trinajstić information content (AvgIpc) is 2.65. The quantitative estimate of drug-likeness (QED) is 0.741. The molecule has 0 atom stereocenters. The van der Waals surface area contributed by atoms with Gasteiger partial charge in [-0.2, -0.15) is 0 Å². The van der Waals surface area contributed by atoms with Crippen LogP contribution >= 0.6 is 36.4 Å². The Morgan fingerprint density at radius 2 is 1.85 bits per heavy atom. The molecule has 1 aromatic carbocycles. The molecule has 9 heteroatoms. The molecule has 1 aromatic heterocycles. The van der Waals surface area contributed by atoms with Gasteiger partial charge in [0.15, 0.2) is 0 Å². The molecule has 1 aliphatic heterocycles. The number of hydrogen-bond acceptors (Lipinski definition) is 5. The molecule has 1 aliphatic rings. The summed E-state index contributed by atoms with van der Waals surface area (Å²) in [7, 11) is 0. The van der Waals surface area contributed by atoms with Gasteiger partial charge < -0.3 is 20.5 Å². The second-order valence-corrected chi connectivity index (χ2v) is 6.43. The minimum Gasteiger partial charge on any atom is -0.439 e. The van der Waals surface area contributed by atoms with Crippen molar-refractivity contribution in [3.63, 3.8) is 0 Å². The second-order valence-electron chi connectivity index (χ2n) is 5.99. The van der Waals surface area contributed by atoms with Crippen LogP contribution in [-0.2, 0) is 9.53 Å². The average molecular weight is 435 g/mol. The molecule has 0 radical (unpaired) electrons. The third kappa shape index (κ3) is 5.96. The van der Waals surface area contributed by atoms with Crippen molar-refractivity contribution in [3.05, 3.63) is 47.6 Å². The summed E-state index contributed by atoms with van der Waals surface area (Å²) in [6.45, 7) is 1.40. The molecule has 1 amide bonds. The molecule has 3 N–H and O–H groups in total. The smallest absolute Gasteiger partial charge is 0.232 e. The van der Waals surface area contributed by atoms with E-state index in [2.05, 4.69) is 10.3 Å². The standard InChI is InChI=1S/C18H20ClN3O3.2ClH/c19-13-1-4-15(5-2-13)25-16-6-3-14(11-21-16)22-17(23)18(12-20)7-9-24-10-8-18;;/h1-6,11H,7-10,12,20H2,(H,22,23);2*1H. The zero-order chi connectivity index (χ0) is 17.7. The zero-order valence-corrected chi connectivity index (χ0v) is 16.9. The van der Waals surface area contributed by atoms with E-state index in [0.717, 1.165) is 0 Å². The summed E-state index contributed by atoms with van der Waals surface area (Å²) in [5, 5.41) is 3.53. The first-order valence-electron chi connectivity index (χ1n) is 8.10. The maximum atomic E-state index is 12.6. The number of nitrogens with zero attached hydrogens (tertiary/aromatic N) is 1. The van der Waals surface area contributed by atoms with Gasteiger partial charge in [0.25, 0.3) is 0 Å². The third-order valence-electron chi connectivity index (χ3n) is 4.35. The molecular formula is C18H22Cl3N3O3. The van der Waals surface area contributed by atoms with Gasteiger partial charge in [0.1, 0.15) is 5.75 Å². The normalized spacial score (nSPS) is 15.0. The lowest BCUT2D eigenvalue weighted by atomic mass is 9.79. The van der Waals surface area contributed by atoms with Crippen LogP contribution < -0.4 is 15.8 Å². The molecule has 3 rings (SSSR count). The Labute approximate surface area is 175 Å². The minimum absolute atomic E-state index is 0. The van der Waals surface area contributed by atoms with E-state index >= 15 is 0 Å². The lowest BCUT2D eigenvalue weighted by Crippen LogP contribution is -2.46. The van der Waals surface area contributed by atoms with E-state index in [1.165, 1.54) is 0 Å². The number of benzene rings is 1. The van der Waals surface area contributed by atoms with Crippen molar-refractivity contribution >= 4 is 48.0 Å². The molecular weight excluding hydrogens is 413 g/mol. The summed E-state index contributed by atoms with van der Waals surface area (Å²) < 4.78 is 11.0. The van der Waals surface area contributed by atoms with Gasteiger partial charge in [0.2, 0.25) is 11.8 Å². The highest BCUT2D eigenvalue weighted by Gasteiger charge is 2.38. The number of halogens is 3. The highest BCUT2D eigenvalue weighted by molar-refractivity contribution is 6.30. The summed E-state index contributed by atoms with van der Waals surface area (Å²) in [5.41, 5.74) is 5.88. The van der Waals surface area contributed by atoms with Crippen LogP contribution in [0.4, 0.5) is 5.69 Å². The third-order valence-corrected chi connectivity index (χ3v) is 4.60. The van der Waals surface area contributed by atoms with Gasteiger partial charge in [-0.25, -0.2) is 4.98 Å². The summed E-state index contributed by atoms with van der Waals surface area (Å²) in [6.07, 6.45) is 2.81. The fourth-order valence-electron chi connectivity index (χ4n) is 2.69. The van der Waals surface area contributed by atoms with E-state index in [9.17, 15) is 4.79 Å². The molecule has 0 aliphatic carbocycles. The Bertz CT molecular complexity index is 721. The molecule has 2 heterocycles. The second kappa shape index (κ2) is 10.7. The monoisotopic (exact) mass is 433 g/mol. The number of ether oxygens (including phenoxy) is 2. The van der Waals surface area contributed by atoms with Crippen molar-refractivity contribution in [1.82, 2.24) is 4.98 Å². The number of pyridine rings is 1. The van der Waals surface area contributed by atoms with Crippen molar-refractivity contribution in [3.8, 4) is 11.6 Å². The van der Waals surface area contributed by atoms with Crippen molar-refractivity contribution in [2.45, 2.75) is 12.8 Å². The van der Waals surface area contributed by atoms with E-state index in [-0.39, 0.29) is 30.7 Å². The molecule has 0 bridgehead atoms. The number of hydrogen-bond donors (Lipinski definition) is 2. The van der Waals surface area contributed by atoms with Gasteiger partial charge in [-0.1, -0.05) is 11.6 Å². The summed E-state index contributed by atoms with van der Waals surface area (Å²) in [6, 6.07) is 10.5. The number of anilines is 1.